The van der Waals surface area contributed by atoms with E-state index in [4.69, 9.17) is 5.73 Å². The average Bonchev–Trinajstić information content (AvgIpc) is 2.43. The standard InChI is InChI=1S/C15H25N5/c1-10-14(16)17-11(2)18-15(10)20-8-6-13-12(9-20)5-4-7-19(13)3/h12-13H,4-9H2,1-3H3,(H2,16,17,18). The van der Waals surface area contributed by atoms with E-state index in [-0.39, 0.29) is 0 Å². The molecule has 0 radical (unpaired) electrons. The highest BCUT2D eigenvalue weighted by molar-refractivity contribution is 5.56. The first-order valence-corrected chi connectivity index (χ1v) is 7.62. The molecule has 2 fully saturated rings. The fourth-order valence-electron chi connectivity index (χ4n) is 3.79. The van der Waals surface area contributed by atoms with Gasteiger partial charge in [-0.15, -0.1) is 0 Å². The molecule has 2 saturated heterocycles. The van der Waals surface area contributed by atoms with Crippen LogP contribution in [0.1, 0.15) is 30.7 Å². The molecule has 0 amide bonds. The Hall–Kier alpha value is -1.36. The lowest BCUT2D eigenvalue weighted by Gasteiger charge is -2.46. The van der Waals surface area contributed by atoms with Crippen LogP contribution < -0.4 is 10.6 Å². The van der Waals surface area contributed by atoms with Crippen molar-refractivity contribution in [2.24, 2.45) is 5.92 Å². The molecule has 0 spiro atoms. The molecular formula is C15H25N5. The van der Waals surface area contributed by atoms with Crippen molar-refractivity contribution < 1.29 is 0 Å². The van der Waals surface area contributed by atoms with Crippen molar-refractivity contribution >= 4 is 11.6 Å². The van der Waals surface area contributed by atoms with Gasteiger partial charge >= 0.3 is 0 Å². The highest BCUT2D eigenvalue weighted by Crippen LogP contribution is 2.33. The fraction of sp³-hybridized carbons (Fsp3) is 0.733. The van der Waals surface area contributed by atoms with Crippen molar-refractivity contribution in [1.29, 1.82) is 0 Å². The number of aryl methyl sites for hydroxylation is 1. The van der Waals surface area contributed by atoms with E-state index < -0.39 is 0 Å². The van der Waals surface area contributed by atoms with E-state index in [2.05, 4.69) is 26.8 Å². The van der Waals surface area contributed by atoms with Gasteiger partial charge in [-0.2, -0.15) is 0 Å². The number of likely N-dealkylation sites (tertiary alicyclic amines) is 1. The fourth-order valence-corrected chi connectivity index (χ4v) is 3.79. The van der Waals surface area contributed by atoms with Gasteiger partial charge in [-0.3, -0.25) is 0 Å². The average molecular weight is 275 g/mol. The molecule has 0 bridgehead atoms. The van der Waals surface area contributed by atoms with E-state index in [1.54, 1.807) is 0 Å². The van der Waals surface area contributed by atoms with Crippen molar-refractivity contribution in [3.05, 3.63) is 11.4 Å². The minimum Gasteiger partial charge on any atom is -0.383 e. The highest BCUT2D eigenvalue weighted by atomic mass is 15.2. The van der Waals surface area contributed by atoms with Gasteiger partial charge < -0.3 is 15.5 Å². The van der Waals surface area contributed by atoms with Gasteiger partial charge in [-0.25, -0.2) is 9.97 Å². The molecule has 2 atom stereocenters. The Morgan fingerprint density at radius 1 is 1.15 bits per heavy atom. The maximum Gasteiger partial charge on any atom is 0.137 e. The summed E-state index contributed by atoms with van der Waals surface area (Å²) in [5.41, 5.74) is 7.02. The van der Waals surface area contributed by atoms with E-state index in [1.807, 2.05) is 13.8 Å². The Bertz CT molecular complexity index is 501. The van der Waals surface area contributed by atoms with Crippen LogP contribution in [0.4, 0.5) is 11.6 Å². The summed E-state index contributed by atoms with van der Waals surface area (Å²) in [5.74, 6) is 3.20. The summed E-state index contributed by atoms with van der Waals surface area (Å²) in [7, 11) is 2.27. The summed E-state index contributed by atoms with van der Waals surface area (Å²) in [5, 5.41) is 0. The van der Waals surface area contributed by atoms with Crippen LogP contribution in [0.2, 0.25) is 0 Å². The number of piperidine rings is 2. The molecule has 2 N–H and O–H groups in total. The molecule has 0 aromatic carbocycles. The molecular weight excluding hydrogens is 250 g/mol. The first-order valence-electron chi connectivity index (χ1n) is 7.62. The summed E-state index contributed by atoms with van der Waals surface area (Å²) in [4.78, 5) is 13.8. The van der Waals surface area contributed by atoms with Crippen LogP contribution in [0.25, 0.3) is 0 Å². The SMILES string of the molecule is Cc1nc(N)c(C)c(N2CCC3C(CCCN3C)C2)n1. The molecule has 20 heavy (non-hydrogen) atoms. The molecule has 1 aromatic rings. The van der Waals surface area contributed by atoms with Crippen molar-refractivity contribution in [2.75, 3.05) is 37.3 Å². The summed E-state index contributed by atoms with van der Waals surface area (Å²) < 4.78 is 0. The van der Waals surface area contributed by atoms with Gasteiger partial charge in [0.15, 0.2) is 0 Å². The number of anilines is 2. The highest BCUT2D eigenvalue weighted by Gasteiger charge is 2.35. The first kappa shape index (κ1) is 13.6. The normalized spacial score (nSPS) is 27.4. The zero-order chi connectivity index (χ0) is 14.3. The second kappa shape index (κ2) is 5.20. The molecule has 5 nitrogen and oxygen atoms in total. The lowest BCUT2D eigenvalue weighted by Crippen LogP contribution is -2.53. The Labute approximate surface area is 121 Å². The number of fused-ring (bicyclic) bond motifs is 1. The summed E-state index contributed by atoms with van der Waals surface area (Å²) in [6.45, 7) is 7.37. The molecule has 3 heterocycles. The van der Waals surface area contributed by atoms with Gasteiger partial charge in [-0.1, -0.05) is 0 Å². The summed E-state index contributed by atoms with van der Waals surface area (Å²) in [6.07, 6.45) is 3.88. The minimum absolute atomic E-state index is 0.621. The van der Waals surface area contributed by atoms with Crippen LogP contribution >= 0.6 is 0 Å². The minimum atomic E-state index is 0.621. The number of nitrogens with two attached hydrogens (primary N) is 1. The Morgan fingerprint density at radius 2 is 1.95 bits per heavy atom. The Balaban J connectivity index is 1.83. The van der Waals surface area contributed by atoms with E-state index in [0.29, 0.717) is 5.82 Å². The number of hydrogen-bond donors (Lipinski definition) is 1. The van der Waals surface area contributed by atoms with Gasteiger partial charge in [0.1, 0.15) is 17.5 Å². The lowest BCUT2D eigenvalue weighted by molar-refractivity contribution is 0.102. The molecule has 110 valence electrons. The van der Waals surface area contributed by atoms with Crippen LogP contribution in [0.3, 0.4) is 0 Å². The van der Waals surface area contributed by atoms with Crippen LogP contribution in [0.15, 0.2) is 0 Å². The number of aromatic nitrogens is 2. The molecule has 2 unspecified atom stereocenters. The van der Waals surface area contributed by atoms with Crippen molar-refractivity contribution in [3.63, 3.8) is 0 Å². The maximum atomic E-state index is 6.00. The van der Waals surface area contributed by atoms with E-state index in [1.165, 1.54) is 25.8 Å². The second-order valence-electron chi connectivity index (χ2n) is 6.29. The van der Waals surface area contributed by atoms with Crippen molar-refractivity contribution in [3.8, 4) is 0 Å². The number of rotatable bonds is 1. The van der Waals surface area contributed by atoms with Crippen LogP contribution in [-0.4, -0.2) is 47.6 Å². The van der Waals surface area contributed by atoms with Crippen molar-refractivity contribution in [1.82, 2.24) is 14.9 Å². The van der Waals surface area contributed by atoms with E-state index in [0.717, 1.165) is 42.3 Å². The van der Waals surface area contributed by atoms with Gasteiger partial charge in [0.2, 0.25) is 0 Å². The monoisotopic (exact) mass is 275 g/mol. The zero-order valence-electron chi connectivity index (χ0n) is 12.8. The van der Waals surface area contributed by atoms with Crippen LogP contribution in [0, 0.1) is 19.8 Å². The topological polar surface area (TPSA) is 58.3 Å². The third kappa shape index (κ3) is 2.35. The largest absolute Gasteiger partial charge is 0.383 e. The summed E-state index contributed by atoms with van der Waals surface area (Å²) >= 11 is 0. The van der Waals surface area contributed by atoms with E-state index in [9.17, 15) is 0 Å². The zero-order valence-corrected chi connectivity index (χ0v) is 12.8. The number of nitrogens with zero attached hydrogens (tertiary/aromatic N) is 4. The molecule has 3 rings (SSSR count). The van der Waals surface area contributed by atoms with Crippen LogP contribution in [-0.2, 0) is 0 Å². The lowest BCUT2D eigenvalue weighted by atomic mass is 9.84. The number of hydrogen-bond acceptors (Lipinski definition) is 5. The smallest absolute Gasteiger partial charge is 0.137 e. The predicted molar refractivity (Wildman–Crippen MR) is 81.9 cm³/mol. The quantitative estimate of drug-likeness (QED) is 0.843. The number of nitrogen functional groups attached to an aromatic ring is 1. The van der Waals surface area contributed by atoms with Gasteiger partial charge in [-0.05, 0) is 52.6 Å². The molecule has 0 saturated carbocycles. The third-order valence-corrected chi connectivity index (χ3v) is 4.91. The first-order chi connectivity index (χ1) is 9.56. The second-order valence-corrected chi connectivity index (χ2v) is 6.29. The predicted octanol–water partition coefficient (Wildman–Crippen LogP) is 1.60. The van der Waals surface area contributed by atoms with Crippen molar-refractivity contribution in [2.45, 2.75) is 39.2 Å². The maximum absolute atomic E-state index is 6.00. The molecule has 2 aliphatic heterocycles. The third-order valence-electron chi connectivity index (χ3n) is 4.91. The molecule has 2 aliphatic rings. The molecule has 5 heteroatoms. The van der Waals surface area contributed by atoms with Gasteiger partial charge in [0, 0.05) is 24.7 Å². The van der Waals surface area contributed by atoms with E-state index >= 15 is 0 Å². The Morgan fingerprint density at radius 3 is 2.75 bits per heavy atom. The molecule has 1 aromatic heterocycles. The Kier molecular flexibility index (Phi) is 3.54. The molecule has 0 aliphatic carbocycles. The summed E-state index contributed by atoms with van der Waals surface area (Å²) in [6, 6.07) is 0.751. The van der Waals surface area contributed by atoms with Gasteiger partial charge in [0.05, 0.1) is 0 Å². The van der Waals surface area contributed by atoms with Gasteiger partial charge in [0.25, 0.3) is 0 Å². The van der Waals surface area contributed by atoms with Crippen LogP contribution in [0.5, 0.6) is 0 Å².